The van der Waals surface area contributed by atoms with Gasteiger partial charge in [-0.1, -0.05) is 59.2 Å². The molecular weight excluding hydrogens is 427 g/mol. The maximum absolute atomic E-state index is 13.4. The summed E-state index contributed by atoms with van der Waals surface area (Å²) < 4.78 is 26.9. The first kappa shape index (κ1) is 23.6. The van der Waals surface area contributed by atoms with Crippen LogP contribution in [0.15, 0.2) is 55.1 Å². The van der Waals surface area contributed by atoms with E-state index in [0.29, 0.717) is 15.4 Å². The molecule has 1 aromatic carbocycles. The standard InChI is InChI=1S/C21H29NO2S4/c1-13(2)25-18-12-22-21(20(27-15(5)6)19(18)26-14(3)4)28(23,24)17-10-8-16(7)9-11-17/h8-15H,1-7H3. The van der Waals surface area contributed by atoms with E-state index in [1.165, 1.54) is 0 Å². The summed E-state index contributed by atoms with van der Waals surface area (Å²) in [6, 6.07) is 6.99. The molecule has 7 heteroatoms. The predicted molar refractivity (Wildman–Crippen MR) is 124 cm³/mol. The molecule has 0 spiro atoms. The lowest BCUT2D eigenvalue weighted by Crippen LogP contribution is -2.09. The van der Waals surface area contributed by atoms with Crippen LogP contribution in [0.3, 0.4) is 0 Å². The minimum Gasteiger partial charge on any atom is -0.242 e. The fourth-order valence-electron chi connectivity index (χ4n) is 2.49. The number of hydrogen-bond acceptors (Lipinski definition) is 6. The Morgan fingerprint density at radius 3 is 1.79 bits per heavy atom. The Morgan fingerprint density at radius 1 is 0.786 bits per heavy atom. The Hall–Kier alpha value is -0.630. The van der Waals surface area contributed by atoms with Gasteiger partial charge in [-0.15, -0.1) is 35.3 Å². The van der Waals surface area contributed by atoms with Crippen molar-refractivity contribution in [2.45, 2.75) is 88.8 Å². The van der Waals surface area contributed by atoms with E-state index < -0.39 is 9.84 Å². The summed E-state index contributed by atoms with van der Waals surface area (Å²) in [5.41, 5.74) is 1.03. The van der Waals surface area contributed by atoms with Crippen LogP contribution in [0.25, 0.3) is 0 Å². The summed E-state index contributed by atoms with van der Waals surface area (Å²) in [5.74, 6) is 0. The maximum atomic E-state index is 13.4. The molecule has 0 bridgehead atoms. The first-order valence-corrected chi connectivity index (χ1v) is 13.5. The number of hydrogen-bond donors (Lipinski definition) is 0. The van der Waals surface area contributed by atoms with Gasteiger partial charge in [-0.3, -0.25) is 0 Å². The summed E-state index contributed by atoms with van der Waals surface area (Å²) >= 11 is 5.04. The van der Waals surface area contributed by atoms with Crippen LogP contribution >= 0.6 is 35.3 Å². The van der Waals surface area contributed by atoms with Crippen LogP contribution in [-0.4, -0.2) is 29.2 Å². The van der Waals surface area contributed by atoms with Crippen LogP contribution < -0.4 is 0 Å². The van der Waals surface area contributed by atoms with Crippen LogP contribution in [0.5, 0.6) is 0 Å². The summed E-state index contributed by atoms with van der Waals surface area (Å²) in [6.45, 7) is 14.7. The molecule has 1 aromatic heterocycles. The molecule has 0 aliphatic rings. The summed E-state index contributed by atoms with van der Waals surface area (Å²) in [6.07, 6.45) is 1.74. The first-order chi connectivity index (χ1) is 13.0. The van der Waals surface area contributed by atoms with Crippen LogP contribution in [0, 0.1) is 6.92 Å². The van der Waals surface area contributed by atoms with Gasteiger partial charge in [-0.2, -0.15) is 0 Å². The third-order valence-electron chi connectivity index (χ3n) is 3.58. The number of benzene rings is 1. The van der Waals surface area contributed by atoms with Crippen molar-refractivity contribution in [3.63, 3.8) is 0 Å². The SMILES string of the molecule is Cc1ccc(S(=O)(=O)c2ncc(SC(C)C)c(SC(C)C)c2SC(C)C)cc1. The van der Waals surface area contributed by atoms with Gasteiger partial charge in [0.1, 0.15) is 0 Å². The van der Waals surface area contributed by atoms with E-state index in [0.717, 1.165) is 20.2 Å². The summed E-state index contributed by atoms with van der Waals surface area (Å²) in [5, 5.41) is 1.16. The highest BCUT2D eigenvalue weighted by molar-refractivity contribution is 8.04. The van der Waals surface area contributed by atoms with Gasteiger partial charge >= 0.3 is 0 Å². The highest BCUT2D eigenvalue weighted by atomic mass is 32.2. The third-order valence-corrected chi connectivity index (χ3v) is 8.95. The number of rotatable bonds is 8. The Kier molecular flexibility index (Phi) is 8.38. The lowest BCUT2D eigenvalue weighted by atomic mass is 10.2. The van der Waals surface area contributed by atoms with Gasteiger partial charge in [0.2, 0.25) is 9.84 Å². The van der Waals surface area contributed by atoms with E-state index in [9.17, 15) is 8.42 Å². The van der Waals surface area contributed by atoms with Gasteiger partial charge in [0.25, 0.3) is 0 Å². The first-order valence-electron chi connectivity index (χ1n) is 9.37. The van der Waals surface area contributed by atoms with Crippen molar-refractivity contribution in [2.24, 2.45) is 0 Å². The molecule has 0 amide bonds. The zero-order valence-electron chi connectivity index (χ0n) is 17.5. The van der Waals surface area contributed by atoms with Crippen molar-refractivity contribution in [2.75, 3.05) is 0 Å². The molecular formula is C21H29NO2S4. The molecule has 28 heavy (non-hydrogen) atoms. The Labute approximate surface area is 182 Å². The number of nitrogens with zero attached hydrogens (tertiary/aromatic N) is 1. The van der Waals surface area contributed by atoms with Gasteiger partial charge in [0.05, 0.1) is 9.79 Å². The number of pyridine rings is 1. The zero-order valence-corrected chi connectivity index (χ0v) is 20.8. The molecule has 0 fully saturated rings. The smallest absolute Gasteiger partial charge is 0.225 e. The second-order valence-electron chi connectivity index (χ2n) is 7.40. The normalized spacial score (nSPS) is 12.4. The molecule has 0 N–H and O–H groups in total. The number of sulfone groups is 1. The van der Waals surface area contributed by atoms with E-state index in [4.69, 9.17) is 0 Å². The minimum absolute atomic E-state index is 0.173. The minimum atomic E-state index is -3.69. The van der Waals surface area contributed by atoms with E-state index in [-0.39, 0.29) is 10.3 Å². The fourth-order valence-corrected chi connectivity index (χ4v) is 7.44. The molecule has 0 atom stereocenters. The van der Waals surface area contributed by atoms with E-state index >= 15 is 0 Å². The van der Waals surface area contributed by atoms with Crippen molar-refractivity contribution in [1.29, 1.82) is 0 Å². The number of aryl methyl sites for hydroxylation is 1. The summed E-state index contributed by atoms with van der Waals surface area (Å²) in [7, 11) is -3.69. The average Bonchev–Trinajstić information content (AvgIpc) is 2.56. The molecule has 154 valence electrons. The molecule has 2 aromatic rings. The quantitative estimate of drug-likeness (QED) is 0.412. The van der Waals surface area contributed by atoms with Crippen LogP contribution in [0.4, 0.5) is 0 Å². The van der Waals surface area contributed by atoms with Crippen molar-refractivity contribution in [1.82, 2.24) is 4.98 Å². The van der Waals surface area contributed by atoms with Crippen LogP contribution in [0.2, 0.25) is 0 Å². The lowest BCUT2D eigenvalue weighted by Gasteiger charge is -2.20. The lowest BCUT2D eigenvalue weighted by molar-refractivity contribution is 0.587. The van der Waals surface area contributed by atoms with Crippen molar-refractivity contribution < 1.29 is 8.42 Å². The fraction of sp³-hybridized carbons (Fsp3) is 0.476. The number of aromatic nitrogens is 1. The molecule has 2 rings (SSSR count). The molecule has 3 nitrogen and oxygen atoms in total. The molecule has 0 aliphatic heterocycles. The largest absolute Gasteiger partial charge is 0.242 e. The van der Waals surface area contributed by atoms with E-state index in [2.05, 4.69) is 46.5 Å². The van der Waals surface area contributed by atoms with Gasteiger partial charge in [-0.25, -0.2) is 13.4 Å². The van der Waals surface area contributed by atoms with Crippen LogP contribution in [0.1, 0.15) is 47.1 Å². The Bertz CT molecular complexity index is 905. The van der Waals surface area contributed by atoms with Gasteiger partial charge in [0, 0.05) is 31.7 Å². The maximum Gasteiger partial charge on any atom is 0.225 e. The van der Waals surface area contributed by atoms with Crippen LogP contribution in [-0.2, 0) is 9.84 Å². The van der Waals surface area contributed by atoms with E-state index in [1.807, 2.05) is 19.1 Å². The van der Waals surface area contributed by atoms with E-state index in [1.54, 1.807) is 53.6 Å². The monoisotopic (exact) mass is 455 g/mol. The second kappa shape index (κ2) is 9.92. The topological polar surface area (TPSA) is 47.0 Å². The highest BCUT2D eigenvalue weighted by Gasteiger charge is 2.28. The highest BCUT2D eigenvalue weighted by Crippen LogP contribution is 2.45. The molecule has 0 radical (unpaired) electrons. The predicted octanol–water partition coefficient (Wildman–Crippen LogP) is 6.72. The van der Waals surface area contributed by atoms with Crippen molar-refractivity contribution in [3.8, 4) is 0 Å². The average molecular weight is 456 g/mol. The zero-order chi connectivity index (χ0) is 21.1. The second-order valence-corrected chi connectivity index (χ2v) is 14.1. The molecule has 1 heterocycles. The molecule has 0 aliphatic carbocycles. The van der Waals surface area contributed by atoms with Crippen molar-refractivity contribution >= 4 is 45.1 Å². The third kappa shape index (κ3) is 5.94. The molecule has 0 saturated heterocycles. The van der Waals surface area contributed by atoms with Crippen molar-refractivity contribution in [3.05, 3.63) is 36.0 Å². The Morgan fingerprint density at radius 2 is 1.29 bits per heavy atom. The number of thioether (sulfide) groups is 3. The van der Waals surface area contributed by atoms with Gasteiger partial charge in [-0.05, 0) is 19.1 Å². The molecule has 0 saturated carbocycles. The Balaban J connectivity index is 2.73. The van der Waals surface area contributed by atoms with Gasteiger partial charge < -0.3 is 0 Å². The summed E-state index contributed by atoms with van der Waals surface area (Å²) in [4.78, 5) is 7.64. The molecule has 0 unspecified atom stereocenters. The van der Waals surface area contributed by atoms with Gasteiger partial charge in [0.15, 0.2) is 5.03 Å².